The van der Waals surface area contributed by atoms with Crippen LogP contribution in [0.1, 0.15) is 69.4 Å². The van der Waals surface area contributed by atoms with Gasteiger partial charge in [0.15, 0.2) is 0 Å². The van der Waals surface area contributed by atoms with E-state index in [9.17, 15) is 9.59 Å². The highest BCUT2D eigenvalue weighted by molar-refractivity contribution is 5.89. The Kier molecular flexibility index (Phi) is 5.88. The molecule has 28 heavy (non-hydrogen) atoms. The Labute approximate surface area is 168 Å². The Morgan fingerprint density at radius 3 is 2.43 bits per heavy atom. The van der Waals surface area contributed by atoms with E-state index in [0.29, 0.717) is 19.0 Å². The van der Waals surface area contributed by atoms with Crippen LogP contribution in [0.2, 0.25) is 0 Å². The second-order valence-electron chi connectivity index (χ2n) is 8.56. The molecule has 1 aliphatic carbocycles. The van der Waals surface area contributed by atoms with Crippen LogP contribution in [0.25, 0.3) is 0 Å². The molecular formula is C23H32N2O3. The van der Waals surface area contributed by atoms with Gasteiger partial charge in [-0.25, -0.2) is 0 Å². The lowest BCUT2D eigenvalue weighted by atomic mass is 9.98. The van der Waals surface area contributed by atoms with Crippen LogP contribution in [0.3, 0.4) is 0 Å². The molecule has 2 unspecified atom stereocenters. The fraction of sp³-hybridized carbons (Fsp3) is 0.652. The number of hydrogen-bond donors (Lipinski definition) is 0. The molecule has 0 N–H and O–H groups in total. The normalized spacial score (nSPS) is 26.5. The van der Waals surface area contributed by atoms with E-state index in [4.69, 9.17) is 4.74 Å². The molecule has 1 saturated carbocycles. The molecule has 2 atom stereocenters. The monoisotopic (exact) mass is 384 g/mol. The maximum absolute atomic E-state index is 13.5. The standard InChI is InChI=1S/C23H32N2O3/c1-28-20-12-10-17(11-13-20)21-9-3-2-6-14-24(21)23(27)18-15-22(26)25(16-18)19-7-4-5-8-19/h10-13,18-19,21H,2-9,14-16H2,1H3. The number of likely N-dealkylation sites (tertiary alicyclic amines) is 2. The first kappa shape index (κ1) is 19.3. The van der Waals surface area contributed by atoms with Gasteiger partial charge in [0, 0.05) is 25.6 Å². The average molecular weight is 385 g/mol. The molecule has 1 aromatic carbocycles. The van der Waals surface area contributed by atoms with Gasteiger partial charge in [0.25, 0.3) is 0 Å². The molecule has 5 nitrogen and oxygen atoms in total. The van der Waals surface area contributed by atoms with Gasteiger partial charge in [-0.3, -0.25) is 9.59 Å². The number of hydrogen-bond acceptors (Lipinski definition) is 3. The van der Waals surface area contributed by atoms with Gasteiger partial charge in [-0.15, -0.1) is 0 Å². The minimum Gasteiger partial charge on any atom is -0.497 e. The summed E-state index contributed by atoms with van der Waals surface area (Å²) in [5, 5.41) is 0. The van der Waals surface area contributed by atoms with Crippen molar-refractivity contribution in [1.29, 1.82) is 0 Å². The highest BCUT2D eigenvalue weighted by atomic mass is 16.5. The number of amides is 2. The van der Waals surface area contributed by atoms with Crippen molar-refractivity contribution in [3.63, 3.8) is 0 Å². The highest BCUT2D eigenvalue weighted by Gasteiger charge is 2.41. The molecule has 0 aromatic heterocycles. The van der Waals surface area contributed by atoms with Crippen molar-refractivity contribution in [3.05, 3.63) is 29.8 Å². The smallest absolute Gasteiger partial charge is 0.228 e. The van der Waals surface area contributed by atoms with Crippen LogP contribution in [0, 0.1) is 5.92 Å². The Balaban J connectivity index is 1.50. The van der Waals surface area contributed by atoms with E-state index >= 15 is 0 Å². The molecule has 0 radical (unpaired) electrons. The van der Waals surface area contributed by atoms with Crippen LogP contribution < -0.4 is 4.74 Å². The third-order valence-corrected chi connectivity index (χ3v) is 6.81. The first-order valence-electron chi connectivity index (χ1n) is 10.9. The predicted octanol–water partition coefficient (Wildman–Crippen LogP) is 3.93. The summed E-state index contributed by atoms with van der Waals surface area (Å²) in [6.45, 7) is 1.41. The van der Waals surface area contributed by atoms with Crippen molar-refractivity contribution in [2.75, 3.05) is 20.2 Å². The van der Waals surface area contributed by atoms with Gasteiger partial charge < -0.3 is 14.5 Å². The summed E-state index contributed by atoms with van der Waals surface area (Å²) in [4.78, 5) is 30.2. The SMILES string of the molecule is COc1ccc(C2CCCCCN2C(=O)C2CC(=O)N(C3CCCC3)C2)cc1. The quantitative estimate of drug-likeness (QED) is 0.790. The Bertz CT molecular complexity index is 696. The van der Waals surface area contributed by atoms with E-state index in [0.717, 1.165) is 50.8 Å². The molecule has 1 aromatic rings. The fourth-order valence-corrected chi connectivity index (χ4v) is 5.25. The molecule has 0 bridgehead atoms. The molecule has 0 spiro atoms. The maximum Gasteiger partial charge on any atom is 0.228 e. The maximum atomic E-state index is 13.5. The molecule has 2 amide bonds. The highest BCUT2D eigenvalue weighted by Crippen LogP contribution is 2.35. The van der Waals surface area contributed by atoms with E-state index in [1.807, 2.05) is 17.0 Å². The largest absolute Gasteiger partial charge is 0.497 e. The van der Waals surface area contributed by atoms with Crippen LogP contribution in [0.5, 0.6) is 5.75 Å². The first-order chi connectivity index (χ1) is 13.7. The second kappa shape index (κ2) is 8.54. The molecule has 2 heterocycles. The van der Waals surface area contributed by atoms with Gasteiger partial charge in [-0.1, -0.05) is 37.8 Å². The molecule has 2 saturated heterocycles. The van der Waals surface area contributed by atoms with Crippen molar-refractivity contribution in [2.45, 2.75) is 69.9 Å². The third kappa shape index (κ3) is 3.89. The average Bonchev–Trinajstić information content (AvgIpc) is 3.31. The third-order valence-electron chi connectivity index (χ3n) is 6.81. The Morgan fingerprint density at radius 2 is 1.71 bits per heavy atom. The van der Waals surface area contributed by atoms with E-state index in [-0.39, 0.29) is 23.8 Å². The molecule has 3 fully saturated rings. The summed E-state index contributed by atoms with van der Waals surface area (Å²) in [6.07, 6.45) is 9.34. The fourth-order valence-electron chi connectivity index (χ4n) is 5.25. The predicted molar refractivity (Wildman–Crippen MR) is 108 cm³/mol. The summed E-state index contributed by atoms with van der Waals surface area (Å²) < 4.78 is 5.29. The van der Waals surface area contributed by atoms with Crippen molar-refractivity contribution >= 4 is 11.8 Å². The summed E-state index contributed by atoms with van der Waals surface area (Å²) in [6, 6.07) is 8.59. The van der Waals surface area contributed by atoms with Gasteiger partial charge >= 0.3 is 0 Å². The van der Waals surface area contributed by atoms with Crippen LogP contribution in [-0.4, -0.2) is 47.9 Å². The zero-order valence-electron chi connectivity index (χ0n) is 16.9. The van der Waals surface area contributed by atoms with Crippen molar-refractivity contribution in [2.24, 2.45) is 5.92 Å². The zero-order valence-corrected chi connectivity index (χ0v) is 16.9. The summed E-state index contributed by atoms with van der Waals surface area (Å²) in [5.41, 5.74) is 1.17. The van der Waals surface area contributed by atoms with Gasteiger partial charge in [0.05, 0.1) is 19.1 Å². The second-order valence-corrected chi connectivity index (χ2v) is 8.56. The lowest BCUT2D eigenvalue weighted by molar-refractivity contribution is -0.138. The first-order valence-corrected chi connectivity index (χ1v) is 10.9. The molecule has 152 valence electrons. The van der Waals surface area contributed by atoms with Crippen LogP contribution >= 0.6 is 0 Å². The number of nitrogens with zero attached hydrogens (tertiary/aromatic N) is 2. The Morgan fingerprint density at radius 1 is 1.00 bits per heavy atom. The van der Waals surface area contributed by atoms with Crippen molar-refractivity contribution in [1.82, 2.24) is 9.80 Å². The van der Waals surface area contributed by atoms with E-state index in [2.05, 4.69) is 17.0 Å². The lowest BCUT2D eigenvalue weighted by Crippen LogP contribution is -2.41. The Hall–Kier alpha value is -2.04. The van der Waals surface area contributed by atoms with Crippen molar-refractivity contribution < 1.29 is 14.3 Å². The zero-order chi connectivity index (χ0) is 19.5. The van der Waals surface area contributed by atoms with Gasteiger partial charge in [0.2, 0.25) is 11.8 Å². The van der Waals surface area contributed by atoms with Crippen LogP contribution in [0.15, 0.2) is 24.3 Å². The molecule has 5 heteroatoms. The van der Waals surface area contributed by atoms with Gasteiger partial charge in [0.1, 0.15) is 5.75 Å². The molecule has 2 aliphatic heterocycles. The number of benzene rings is 1. The number of rotatable bonds is 4. The minimum atomic E-state index is -0.174. The number of carbonyl (C=O) groups is 2. The topological polar surface area (TPSA) is 49.9 Å². The van der Waals surface area contributed by atoms with Crippen LogP contribution in [0.4, 0.5) is 0 Å². The van der Waals surface area contributed by atoms with Gasteiger partial charge in [-0.05, 0) is 43.4 Å². The lowest BCUT2D eigenvalue weighted by Gasteiger charge is -2.33. The summed E-state index contributed by atoms with van der Waals surface area (Å²) in [7, 11) is 1.67. The number of ether oxygens (including phenoxy) is 1. The summed E-state index contributed by atoms with van der Waals surface area (Å²) >= 11 is 0. The van der Waals surface area contributed by atoms with Crippen LogP contribution in [-0.2, 0) is 9.59 Å². The van der Waals surface area contributed by atoms with Crippen molar-refractivity contribution in [3.8, 4) is 5.75 Å². The van der Waals surface area contributed by atoms with E-state index in [1.54, 1.807) is 7.11 Å². The molecule has 3 aliphatic rings. The van der Waals surface area contributed by atoms with E-state index < -0.39 is 0 Å². The molecule has 4 rings (SSSR count). The number of carbonyl (C=O) groups excluding carboxylic acids is 2. The van der Waals surface area contributed by atoms with E-state index in [1.165, 1.54) is 18.4 Å². The molecular weight excluding hydrogens is 352 g/mol. The minimum absolute atomic E-state index is 0.108. The summed E-state index contributed by atoms with van der Waals surface area (Å²) in [5.74, 6) is 1.02. The van der Waals surface area contributed by atoms with Gasteiger partial charge in [-0.2, -0.15) is 0 Å². The number of methoxy groups -OCH3 is 1.